The Bertz CT molecular complexity index is 582. The third-order valence-electron chi connectivity index (χ3n) is 2.75. The van der Waals surface area contributed by atoms with Crippen LogP contribution in [-0.2, 0) is 6.54 Å². The molecule has 2 aromatic carbocycles. The molecule has 2 aromatic rings. The number of nitrogens with one attached hydrogen (secondary N) is 1. The molecule has 2 nitrogen and oxygen atoms in total. The molecule has 0 aromatic heterocycles. The van der Waals surface area contributed by atoms with E-state index in [1.807, 2.05) is 49.4 Å². The molecule has 90 valence electrons. The van der Waals surface area contributed by atoms with Gasteiger partial charge in [-0.25, -0.2) is 0 Å². The van der Waals surface area contributed by atoms with Crippen molar-refractivity contribution in [3.63, 3.8) is 0 Å². The Morgan fingerprint density at radius 1 is 1.17 bits per heavy atom. The number of nitrogens with zero attached hydrogens (tertiary/aromatic N) is 1. The van der Waals surface area contributed by atoms with Crippen LogP contribution in [0.4, 0.5) is 5.69 Å². The Morgan fingerprint density at radius 3 is 2.50 bits per heavy atom. The van der Waals surface area contributed by atoms with Crippen molar-refractivity contribution in [3.8, 4) is 6.07 Å². The van der Waals surface area contributed by atoms with E-state index in [4.69, 9.17) is 16.9 Å². The molecule has 0 aliphatic heterocycles. The number of rotatable bonds is 3. The first-order chi connectivity index (χ1) is 8.69. The molecule has 0 unspecified atom stereocenters. The third kappa shape index (κ3) is 3.03. The largest absolute Gasteiger partial charge is 0.381 e. The van der Waals surface area contributed by atoms with Crippen LogP contribution in [0.3, 0.4) is 0 Å². The lowest BCUT2D eigenvalue weighted by molar-refractivity contribution is 1.15. The van der Waals surface area contributed by atoms with Crippen LogP contribution in [-0.4, -0.2) is 0 Å². The van der Waals surface area contributed by atoms with Crippen molar-refractivity contribution in [2.45, 2.75) is 13.5 Å². The highest BCUT2D eigenvalue weighted by Crippen LogP contribution is 2.20. The zero-order valence-corrected chi connectivity index (χ0v) is 10.8. The van der Waals surface area contributed by atoms with Crippen molar-refractivity contribution in [2.24, 2.45) is 0 Å². The van der Waals surface area contributed by atoms with E-state index < -0.39 is 0 Å². The normalized spacial score (nSPS) is 9.83. The van der Waals surface area contributed by atoms with E-state index in [1.165, 1.54) is 0 Å². The quantitative estimate of drug-likeness (QED) is 0.896. The molecule has 0 heterocycles. The smallest absolute Gasteiger partial charge is 0.0991 e. The van der Waals surface area contributed by atoms with Gasteiger partial charge in [0.05, 0.1) is 11.6 Å². The standard InChI is InChI=1S/C15H13ClN2/c1-11-2-7-14(8-15(11)16)18-10-13-5-3-12(9-17)4-6-13/h2-8,18H,10H2,1H3. The first kappa shape index (κ1) is 12.5. The molecule has 0 spiro atoms. The van der Waals surface area contributed by atoms with Crippen LogP contribution in [0.2, 0.25) is 5.02 Å². The van der Waals surface area contributed by atoms with Crippen LogP contribution in [0.15, 0.2) is 42.5 Å². The zero-order valence-electron chi connectivity index (χ0n) is 10.1. The minimum atomic E-state index is 0.678. The summed E-state index contributed by atoms with van der Waals surface area (Å²) in [6, 6.07) is 15.5. The summed E-state index contributed by atoms with van der Waals surface area (Å²) in [5.74, 6) is 0. The number of benzene rings is 2. The minimum absolute atomic E-state index is 0.678. The van der Waals surface area contributed by atoms with Gasteiger partial charge in [0.15, 0.2) is 0 Å². The van der Waals surface area contributed by atoms with Gasteiger partial charge in [-0.3, -0.25) is 0 Å². The van der Waals surface area contributed by atoms with Gasteiger partial charge in [-0.1, -0.05) is 29.8 Å². The molecule has 18 heavy (non-hydrogen) atoms. The first-order valence-electron chi connectivity index (χ1n) is 5.68. The second kappa shape index (κ2) is 5.57. The lowest BCUT2D eigenvalue weighted by atomic mass is 10.1. The zero-order chi connectivity index (χ0) is 13.0. The summed E-state index contributed by atoms with van der Waals surface area (Å²) in [6.45, 7) is 2.69. The summed E-state index contributed by atoms with van der Waals surface area (Å²) in [7, 11) is 0. The van der Waals surface area contributed by atoms with Crippen molar-refractivity contribution < 1.29 is 0 Å². The van der Waals surface area contributed by atoms with Crippen molar-refractivity contribution in [3.05, 3.63) is 64.2 Å². The molecule has 1 N–H and O–H groups in total. The van der Waals surface area contributed by atoms with E-state index in [-0.39, 0.29) is 0 Å². The number of hydrogen-bond donors (Lipinski definition) is 1. The Kier molecular flexibility index (Phi) is 3.86. The van der Waals surface area contributed by atoms with Crippen molar-refractivity contribution in [2.75, 3.05) is 5.32 Å². The number of halogens is 1. The predicted octanol–water partition coefficient (Wildman–Crippen LogP) is 4.13. The summed E-state index contributed by atoms with van der Waals surface area (Å²) in [5, 5.41) is 12.8. The predicted molar refractivity (Wildman–Crippen MR) is 74.7 cm³/mol. The summed E-state index contributed by atoms with van der Waals surface area (Å²) in [4.78, 5) is 0. The molecule has 0 amide bonds. The maximum atomic E-state index is 8.71. The van der Waals surface area contributed by atoms with Crippen LogP contribution >= 0.6 is 11.6 Å². The molecule has 3 heteroatoms. The van der Waals surface area contributed by atoms with Crippen molar-refractivity contribution in [1.29, 1.82) is 5.26 Å². The van der Waals surface area contributed by atoms with Crippen LogP contribution in [0.25, 0.3) is 0 Å². The number of aryl methyl sites for hydroxylation is 1. The third-order valence-corrected chi connectivity index (χ3v) is 3.16. The van der Waals surface area contributed by atoms with Gasteiger partial charge in [0, 0.05) is 17.3 Å². The van der Waals surface area contributed by atoms with Crippen LogP contribution in [0, 0.1) is 18.3 Å². The lowest BCUT2D eigenvalue weighted by Gasteiger charge is -2.08. The number of hydrogen-bond acceptors (Lipinski definition) is 2. The second-order valence-corrected chi connectivity index (χ2v) is 4.53. The molecule has 0 saturated carbocycles. The molecular weight excluding hydrogens is 244 g/mol. The second-order valence-electron chi connectivity index (χ2n) is 4.13. The van der Waals surface area contributed by atoms with Crippen LogP contribution < -0.4 is 5.32 Å². The van der Waals surface area contributed by atoms with Gasteiger partial charge in [0.25, 0.3) is 0 Å². The van der Waals surface area contributed by atoms with Gasteiger partial charge in [-0.2, -0.15) is 5.26 Å². The lowest BCUT2D eigenvalue weighted by Crippen LogP contribution is -1.99. The Labute approximate surface area is 112 Å². The first-order valence-corrected chi connectivity index (χ1v) is 6.06. The summed E-state index contributed by atoms with van der Waals surface area (Å²) in [6.07, 6.45) is 0. The van der Waals surface area contributed by atoms with Gasteiger partial charge < -0.3 is 5.32 Å². The fraction of sp³-hybridized carbons (Fsp3) is 0.133. The number of anilines is 1. The molecule has 2 rings (SSSR count). The van der Waals surface area contributed by atoms with Gasteiger partial charge in [-0.15, -0.1) is 0 Å². The van der Waals surface area contributed by atoms with E-state index in [9.17, 15) is 0 Å². The average Bonchev–Trinajstić information content (AvgIpc) is 2.41. The summed E-state index contributed by atoms with van der Waals surface area (Å²) in [5.41, 5.74) is 3.87. The topological polar surface area (TPSA) is 35.8 Å². The van der Waals surface area contributed by atoms with Crippen LogP contribution in [0.1, 0.15) is 16.7 Å². The molecule has 0 atom stereocenters. The SMILES string of the molecule is Cc1ccc(NCc2ccc(C#N)cc2)cc1Cl. The van der Waals surface area contributed by atoms with Crippen LogP contribution in [0.5, 0.6) is 0 Å². The highest BCUT2D eigenvalue weighted by atomic mass is 35.5. The summed E-state index contributed by atoms with van der Waals surface area (Å²) < 4.78 is 0. The van der Waals surface area contributed by atoms with E-state index >= 15 is 0 Å². The molecule has 0 aliphatic rings. The minimum Gasteiger partial charge on any atom is -0.381 e. The van der Waals surface area contributed by atoms with Gasteiger partial charge >= 0.3 is 0 Å². The molecule has 0 saturated heterocycles. The Balaban J connectivity index is 2.02. The van der Waals surface area contributed by atoms with Crippen molar-refractivity contribution in [1.82, 2.24) is 0 Å². The van der Waals surface area contributed by atoms with E-state index in [0.29, 0.717) is 12.1 Å². The fourth-order valence-corrected chi connectivity index (χ4v) is 1.78. The van der Waals surface area contributed by atoms with E-state index in [1.54, 1.807) is 0 Å². The molecule has 0 fully saturated rings. The van der Waals surface area contributed by atoms with Gasteiger partial charge in [-0.05, 0) is 42.3 Å². The molecule has 0 radical (unpaired) electrons. The fourth-order valence-electron chi connectivity index (χ4n) is 1.60. The summed E-state index contributed by atoms with van der Waals surface area (Å²) >= 11 is 6.06. The molecular formula is C15H13ClN2. The van der Waals surface area contributed by atoms with E-state index in [0.717, 1.165) is 21.8 Å². The highest BCUT2D eigenvalue weighted by molar-refractivity contribution is 6.31. The highest BCUT2D eigenvalue weighted by Gasteiger charge is 1.98. The molecule has 0 aliphatic carbocycles. The maximum Gasteiger partial charge on any atom is 0.0991 e. The maximum absolute atomic E-state index is 8.71. The van der Waals surface area contributed by atoms with Gasteiger partial charge in [0.1, 0.15) is 0 Å². The van der Waals surface area contributed by atoms with E-state index in [2.05, 4.69) is 11.4 Å². The van der Waals surface area contributed by atoms with Crippen molar-refractivity contribution >= 4 is 17.3 Å². The average molecular weight is 257 g/mol. The number of nitriles is 1. The molecule has 0 bridgehead atoms. The monoisotopic (exact) mass is 256 g/mol. The Morgan fingerprint density at radius 2 is 1.89 bits per heavy atom. The van der Waals surface area contributed by atoms with Gasteiger partial charge in [0.2, 0.25) is 0 Å². The Hall–Kier alpha value is -1.98.